The number of nitrogens with one attached hydrogen (secondary N) is 2. The summed E-state index contributed by atoms with van der Waals surface area (Å²) < 4.78 is 48.2. The van der Waals surface area contributed by atoms with Gasteiger partial charge in [-0.25, -0.2) is 17.8 Å². The van der Waals surface area contributed by atoms with E-state index in [1.54, 1.807) is 6.07 Å². The monoisotopic (exact) mass is 589 g/mol. The van der Waals surface area contributed by atoms with Gasteiger partial charge >= 0.3 is 0 Å². The van der Waals surface area contributed by atoms with E-state index in [1.807, 2.05) is 30.3 Å². The molecule has 1 saturated heterocycles. The molecule has 1 aliphatic rings. The number of fused-ring (bicyclic) bond motifs is 1. The van der Waals surface area contributed by atoms with Crippen molar-refractivity contribution >= 4 is 60.2 Å². The van der Waals surface area contributed by atoms with Crippen LogP contribution in [0.5, 0.6) is 0 Å². The number of aromatic nitrogens is 3. The summed E-state index contributed by atoms with van der Waals surface area (Å²) in [5.41, 5.74) is 1.37. The SMILES string of the molecule is CC(=O)NCCS(=O)(=O)C(c1nnc(CC2SC(=O)NC2=O)o1)c1nc2c(F)cc(-c3ccccc3)cc2s1. The van der Waals surface area contributed by atoms with Gasteiger partial charge in [-0.3, -0.25) is 19.7 Å². The predicted octanol–water partition coefficient (Wildman–Crippen LogP) is 3.02. The van der Waals surface area contributed by atoms with Gasteiger partial charge in [0.2, 0.25) is 23.6 Å². The second-order valence-corrected chi connectivity index (χ2v) is 13.0. The first-order chi connectivity index (χ1) is 18.6. The molecule has 2 N–H and O–H groups in total. The molecular weight excluding hydrogens is 569 g/mol. The van der Waals surface area contributed by atoms with Gasteiger partial charge in [0, 0.05) is 19.9 Å². The van der Waals surface area contributed by atoms with Crippen LogP contribution in [0.2, 0.25) is 0 Å². The molecular formula is C24H20FN5O6S3. The average Bonchev–Trinajstić information content (AvgIpc) is 3.58. The smallest absolute Gasteiger partial charge is 0.286 e. The molecule has 2 atom stereocenters. The number of rotatable bonds is 9. The molecule has 5 rings (SSSR count). The Hall–Kier alpha value is -3.69. The van der Waals surface area contributed by atoms with E-state index in [0.717, 1.165) is 28.7 Å². The first-order valence-electron chi connectivity index (χ1n) is 11.6. The molecule has 3 heterocycles. The zero-order valence-corrected chi connectivity index (χ0v) is 22.7. The Bertz CT molecular complexity index is 1690. The van der Waals surface area contributed by atoms with E-state index in [4.69, 9.17) is 4.42 Å². The van der Waals surface area contributed by atoms with Gasteiger partial charge in [0.1, 0.15) is 15.8 Å². The van der Waals surface area contributed by atoms with E-state index in [0.29, 0.717) is 10.3 Å². The number of thiazole rings is 1. The zero-order chi connectivity index (χ0) is 27.7. The minimum absolute atomic E-state index is 0.00554. The van der Waals surface area contributed by atoms with E-state index >= 15 is 4.39 Å². The molecule has 202 valence electrons. The van der Waals surface area contributed by atoms with Crippen LogP contribution in [-0.4, -0.2) is 58.2 Å². The third kappa shape index (κ3) is 5.84. The number of hydrogen-bond donors (Lipinski definition) is 2. The zero-order valence-electron chi connectivity index (χ0n) is 20.2. The highest BCUT2D eigenvalue weighted by molar-refractivity contribution is 8.15. The number of carbonyl (C=O) groups is 3. The number of sulfone groups is 1. The maximum absolute atomic E-state index is 15.1. The lowest BCUT2D eigenvalue weighted by atomic mass is 10.1. The predicted molar refractivity (Wildman–Crippen MR) is 142 cm³/mol. The second-order valence-electron chi connectivity index (χ2n) is 8.57. The maximum Gasteiger partial charge on any atom is 0.286 e. The summed E-state index contributed by atoms with van der Waals surface area (Å²) in [6.07, 6.45) is -0.0944. The highest BCUT2D eigenvalue weighted by Crippen LogP contribution is 2.38. The molecule has 0 aliphatic carbocycles. The first-order valence-corrected chi connectivity index (χ1v) is 15.0. The summed E-state index contributed by atoms with van der Waals surface area (Å²) in [4.78, 5) is 39.0. The fraction of sp³-hybridized carbons (Fsp3) is 0.250. The molecule has 15 heteroatoms. The number of imide groups is 1. The lowest BCUT2D eigenvalue weighted by Crippen LogP contribution is -2.29. The van der Waals surface area contributed by atoms with E-state index in [2.05, 4.69) is 25.8 Å². The molecule has 4 aromatic rings. The van der Waals surface area contributed by atoms with Crippen molar-refractivity contribution in [2.24, 2.45) is 0 Å². The molecule has 0 bridgehead atoms. The lowest BCUT2D eigenvalue weighted by Gasteiger charge is -2.12. The largest absolute Gasteiger partial charge is 0.423 e. The van der Waals surface area contributed by atoms with E-state index < -0.39 is 49.0 Å². The average molecular weight is 590 g/mol. The lowest BCUT2D eigenvalue weighted by molar-refractivity contribution is -0.119. The fourth-order valence-corrected chi connectivity index (χ4v) is 7.73. The van der Waals surface area contributed by atoms with Crippen LogP contribution in [0.1, 0.15) is 29.0 Å². The van der Waals surface area contributed by atoms with Crippen molar-refractivity contribution in [3.63, 3.8) is 0 Å². The Labute approximate surface area is 229 Å². The molecule has 2 unspecified atom stereocenters. The van der Waals surface area contributed by atoms with Gasteiger partial charge in [-0.05, 0) is 23.3 Å². The van der Waals surface area contributed by atoms with E-state index in [-0.39, 0.29) is 35.3 Å². The Morgan fingerprint density at radius 2 is 1.95 bits per heavy atom. The Kier molecular flexibility index (Phi) is 7.46. The Morgan fingerprint density at radius 3 is 2.64 bits per heavy atom. The third-order valence-corrected chi connectivity index (χ3v) is 9.86. The van der Waals surface area contributed by atoms with Crippen LogP contribution >= 0.6 is 23.1 Å². The van der Waals surface area contributed by atoms with Crippen molar-refractivity contribution < 1.29 is 31.6 Å². The van der Waals surface area contributed by atoms with Gasteiger partial charge in [-0.1, -0.05) is 42.1 Å². The Balaban J connectivity index is 1.53. The fourth-order valence-electron chi connectivity index (χ4n) is 3.96. The molecule has 1 fully saturated rings. The van der Waals surface area contributed by atoms with Crippen molar-refractivity contribution in [1.29, 1.82) is 0 Å². The number of hydrogen-bond acceptors (Lipinski definition) is 11. The highest BCUT2D eigenvalue weighted by Gasteiger charge is 2.38. The standard InChI is InChI=1S/C24H20FN5O6S3/c1-12(31)26-7-8-39(34,35)20(22-30-29-18(36-22)11-17-21(32)28-24(33)38-17)23-27-19-15(25)9-14(10-16(19)37-23)13-5-3-2-4-6-13/h2-6,9-10,17,20H,7-8,11H2,1H3,(H,26,31)(H,28,32,33). The molecule has 2 aromatic carbocycles. The quantitative estimate of drug-likeness (QED) is 0.297. The number of nitrogens with zero attached hydrogens (tertiary/aromatic N) is 3. The van der Waals surface area contributed by atoms with Gasteiger partial charge in [-0.2, -0.15) is 0 Å². The molecule has 11 nitrogen and oxygen atoms in total. The minimum Gasteiger partial charge on any atom is -0.423 e. The van der Waals surface area contributed by atoms with Gasteiger partial charge in [0.05, 0.1) is 10.5 Å². The summed E-state index contributed by atoms with van der Waals surface area (Å²) in [5.74, 6) is -2.38. The summed E-state index contributed by atoms with van der Waals surface area (Å²) in [6.45, 7) is 1.09. The number of amides is 3. The number of thioether (sulfide) groups is 1. The van der Waals surface area contributed by atoms with Crippen LogP contribution in [0.25, 0.3) is 21.3 Å². The van der Waals surface area contributed by atoms with Crippen LogP contribution < -0.4 is 10.6 Å². The summed E-state index contributed by atoms with van der Waals surface area (Å²) in [5, 5.41) is 9.55. The number of benzene rings is 2. The number of halogens is 1. The van der Waals surface area contributed by atoms with Crippen LogP contribution in [0, 0.1) is 5.82 Å². The van der Waals surface area contributed by atoms with Crippen molar-refractivity contribution in [1.82, 2.24) is 25.8 Å². The molecule has 0 spiro atoms. The van der Waals surface area contributed by atoms with Crippen molar-refractivity contribution in [2.45, 2.75) is 23.8 Å². The second kappa shape index (κ2) is 10.8. The topological polar surface area (TPSA) is 161 Å². The summed E-state index contributed by atoms with van der Waals surface area (Å²) in [6, 6.07) is 12.2. The van der Waals surface area contributed by atoms with E-state index in [9.17, 15) is 22.8 Å². The van der Waals surface area contributed by atoms with Crippen LogP contribution in [-0.2, 0) is 25.8 Å². The van der Waals surface area contributed by atoms with Gasteiger partial charge < -0.3 is 9.73 Å². The van der Waals surface area contributed by atoms with Crippen molar-refractivity contribution in [3.8, 4) is 11.1 Å². The van der Waals surface area contributed by atoms with Gasteiger partial charge in [0.25, 0.3) is 5.24 Å². The summed E-state index contributed by atoms with van der Waals surface area (Å²) >= 11 is 1.74. The summed E-state index contributed by atoms with van der Waals surface area (Å²) in [7, 11) is -4.10. The molecule has 2 aromatic heterocycles. The number of carbonyl (C=O) groups excluding carboxylic acids is 3. The first kappa shape index (κ1) is 26.9. The molecule has 0 saturated carbocycles. The van der Waals surface area contributed by atoms with Crippen molar-refractivity contribution in [3.05, 3.63) is 65.1 Å². The molecule has 1 aliphatic heterocycles. The van der Waals surface area contributed by atoms with Gasteiger partial charge in [-0.15, -0.1) is 21.5 Å². The third-order valence-electron chi connectivity index (χ3n) is 5.75. The molecule has 0 radical (unpaired) electrons. The maximum atomic E-state index is 15.1. The normalized spacial score (nSPS) is 16.4. The van der Waals surface area contributed by atoms with Crippen LogP contribution in [0.15, 0.2) is 46.9 Å². The van der Waals surface area contributed by atoms with Crippen molar-refractivity contribution in [2.75, 3.05) is 12.3 Å². The Morgan fingerprint density at radius 1 is 1.18 bits per heavy atom. The van der Waals surface area contributed by atoms with Gasteiger partial charge in [0.15, 0.2) is 20.9 Å². The van der Waals surface area contributed by atoms with Crippen LogP contribution in [0.4, 0.5) is 9.18 Å². The molecule has 39 heavy (non-hydrogen) atoms. The van der Waals surface area contributed by atoms with E-state index in [1.165, 1.54) is 13.0 Å². The highest BCUT2D eigenvalue weighted by atomic mass is 32.2. The minimum atomic E-state index is -4.10. The molecule has 3 amide bonds. The van der Waals surface area contributed by atoms with Crippen LogP contribution in [0.3, 0.4) is 0 Å².